The number of nitrogens with one attached hydrogen (secondary N) is 1. The molecular weight excluding hydrogens is 252 g/mol. The van der Waals surface area contributed by atoms with Crippen LogP contribution in [0.1, 0.15) is 5.69 Å². The van der Waals surface area contributed by atoms with Crippen molar-refractivity contribution in [1.29, 1.82) is 0 Å². The molecule has 100 valence electrons. The highest BCUT2D eigenvalue weighted by molar-refractivity contribution is 5.61. The number of nitrogen functional groups attached to an aromatic ring is 1. The van der Waals surface area contributed by atoms with Gasteiger partial charge in [0.25, 0.3) is 0 Å². The number of nitrogens with two attached hydrogens (primary N) is 1. The second kappa shape index (κ2) is 5.00. The van der Waals surface area contributed by atoms with Crippen LogP contribution >= 0.6 is 0 Å². The van der Waals surface area contributed by atoms with Crippen molar-refractivity contribution in [2.45, 2.75) is 6.92 Å². The minimum Gasteiger partial charge on any atom is -0.397 e. The number of anilines is 3. The zero-order valence-corrected chi connectivity index (χ0v) is 11.0. The van der Waals surface area contributed by atoms with Crippen LogP contribution < -0.4 is 11.1 Å². The summed E-state index contributed by atoms with van der Waals surface area (Å²) in [5.41, 5.74) is 8.93. The summed E-state index contributed by atoms with van der Waals surface area (Å²) in [6.07, 6.45) is 3.28. The number of benzene rings is 1. The molecule has 0 saturated carbocycles. The van der Waals surface area contributed by atoms with Gasteiger partial charge in [-0.25, -0.2) is 4.68 Å². The van der Waals surface area contributed by atoms with E-state index in [0.717, 1.165) is 17.1 Å². The Morgan fingerprint density at radius 1 is 1.15 bits per heavy atom. The lowest BCUT2D eigenvalue weighted by Crippen LogP contribution is -2.00. The molecule has 2 aromatic heterocycles. The minimum absolute atomic E-state index is 0.504. The number of nitrogens with zero attached hydrogens (tertiary/aromatic N) is 4. The minimum atomic E-state index is 0.504. The van der Waals surface area contributed by atoms with Gasteiger partial charge in [-0.3, -0.25) is 4.98 Å². The summed E-state index contributed by atoms with van der Waals surface area (Å²) in [5, 5.41) is 7.49. The molecule has 3 aromatic rings. The molecule has 0 fully saturated rings. The summed E-state index contributed by atoms with van der Waals surface area (Å²) in [4.78, 5) is 8.42. The third-order valence-corrected chi connectivity index (χ3v) is 2.87. The summed E-state index contributed by atoms with van der Waals surface area (Å²) >= 11 is 0. The van der Waals surface area contributed by atoms with E-state index in [1.54, 1.807) is 17.2 Å². The van der Waals surface area contributed by atoms with Crippen molar-refractivity contribution in [2.24, 2.45) is 0 Å². The van der Waals surface area contributed by atoms with Crippen molar-refractivity contribution in [3.8, 4) is 5.69 Å². The van der Waals surface area contributed by atoms with Crippen molar-refractivity contribution in [3.05, 3.63) is 54.6 Å². The lowest BCUT2D eigenvalue weighted by Gasteiger charge is -2.06. The van der Waals surface area contributed by atoms with Gasteiger partial charge in [0, 0.05) is 0 Å². The molecule has 3 rings (SSSR count). The van der Waals surface area contributed by atoms with Gasteiger partial charge in [-0.1, -0.05) is 18.2 Å². The molecule has 0 radical (unpaired) electrons. The fourth-order valence-corrected chi connectivity index (χ4v) is 1.82. The van der Waals surface area contributed by atoms with Crippen LogP contribution in [0.15, 0.2) is 48.9 Å². The number of aryl methyl sites for hydroxylation is 1. The molecule has 1 aromatic carbocycles. The maximum atomic E-state index is 5.73. The Bertz CT molecular complexity index is 720. The number of pyridine rings is 1. The molecule has 0 atom stereocenters. The second-order valence-electron chi connectivity index (χ2n) is 4.37. The van der Waals surface area contributed by atoms with Crippen molar-refractivity contribution >= 4 is 17.3 Å². The van der Waals surface area contributed by atoms with E-state index in [4.69, 9.17) is 5.73 Å². The van der Waals surface area contributed by atoms with Crippen LogP contribution in [0.4, 0.5) is 17.3 Å². The third kappa shape index (κ3) is 2.44. The SMILES string of the molecule is Cc1ncc(N)cc1Nc1ncn(-c2ccccc2)n1. The second-order valence-corrected chi connectivity index (χ2v) is 4.37. The lowest BCUT2D eigenvalue weighted by atomic mass is 10.3. The summed E-state index contributed by atoms with van der Waals surface area (Å²) in [6, 6.07) is 11.6. The molecule has 20 heavy (non-hydrogen) atoms. The van der Waals surface area contributed by atoms with E-state index >= 15 is 0 Å². The topological polar surface area (TPSA) is 81.6 Å². The number of hydrogen-bond donors (Lipinski definition) is 2. The first-order valence-electron chi connectivity index (χ1n) is 6.18. The third-order valence-electron chi connectivity index (χ3n) is 2.87. The van der Waals surface area contributed by atoms with Crippen LogP contribution in [-0.2, 0) is 0 Å². The number of rotatable bonds is 3. The molecule has 0 unspecified atom stereocenters. The van der Waals surface area contributed by atoms with E-state index in [-0.39, 0.29) is 0 Å². The summed E-state index contributed by atoms with van der Waals surface area (Å²) in [7, 11) is 0. The van der Waals surface area contributed by atoms with Crippen LogP contribution in [-0.4, -0.2) is 19.7 Å². The zero-order valence-electron chi connectivity index (χ0n) is 11.0. The Morgan fingerprint density at radius 2 is 1.95 bits per heavy atom. The normalized spacial score (nSPS) is 10.4. The van der Waals surface area contributed by atoms with Crippen LogP contribution in [0.2, 0.25) is 0 Å². The highest BCUT2D eigenvalue weighted by atomic mass is 15.4. The van der Waals surface area contributed by atoms with Gasteiger partial charge in [0.05, 0.1) is 29.0 Å². The van der Waals surface area contributed by atoms with E-state index < -0.39 is 0 Å². The van der Waals surface area contributed by atoms with Gasteiger partial charge in [0.2, 0.25) is 5.95 Å². The Morgan fingerprint density at radius 3 is 2.75 bits per heavy atom. The summed E-state index contributed by atoms with van der Waals surface area (Å²) in [5.74, 6) is 0.504. The zero-order chi connectivity index (χ0) is 13.9. The van der Waals surface area contributed by atoms with E-state index in [1.807, 2.05) is 43.3 Å². The van der Waals surface area contributed by atoms with E-state index in [0.29, 0.717) is 11.6 Å². The Balaban J connectivity index is 1.86. The first-order valence-corrected chi connectivity index (χ1v) is 6.18. The summed E-state index contributed by atoms with van der Waals surface area (Å²) in [6.45, 7) is 1.90. The van der Waals surface area contributed by atoms with Gasteiger partial charge in [-0.05, 0) is 25.1 Å². The quantitative estimate of drug-likeness (QED) is 0.760. The number of hydrogen-bond acceptors (Lipinski definition) is 5. The average Bonchev–Trinajstić information content (AvgIpc) is 2.92. The van der Waals surface area contributed by atoms with Gasteiger partial charge in [-0.15, -0.1) is 5.10 Å². The molecule has 3 N–H and O–H groups in total. The molecular formula is C14H14N6. The van der Waals surface area contributed by atoms with Gasteiger partial charge in [0.1, 0.15) is 6.33 Å². The maximum Gasteiger partial charge on any atom is 0.247 e. The van der Waals surface area contributed by atoms with E-state index in [2.05, 4.69) is 20.4 Å². The fraction of sp³-hybridized carbons (Fsp3) is 0.0714. The summed E-state index contributed by atoms with van der Waals surface area (Å²) < 4.78 is 1.71. The lowest BCUT2D eigenvalue weighted by molar-refractivity contribution is 0.882. The standard InChI is InChI=1S/C14H14N6/c1-10-13(7-11(15)8-16-10)18-14-17-9-20(19-14)12-5-3-2-4-6-12/h2-9H,15H2,1H3,(H,18,19). The average molecular weight is 266 g/mol. The number of para-hydroxylation sites is 1. The molecule has 0 aliphatic heterocycles. The highest BCUT2D eigenvalue weighted by Crippen LogP contribution is 2.19. The van der Waals surface area contributed by atoms with Crippen molar-refractivity contribution in [1.82, 2.24) is 19.7 Å². The van der Waals surface area contributed by atoms with Gasteiger partial charge in [-0.2, -0.15) is 4.98 Å². The van der Waals surface area contributed by atoms with Crippen molar-refractivity contribution in [2.75, 3.05) is 11.1 Å². The van der Waals surface area contributed by atoms with Gasteiger partial charge < -0.3 is 11.1 Å². The first-order chi connectivity index (χ1) is 9.72. The van der Waals surface area contributed by atoms with Crippen LogP contribution in [0.25, 0.3) is 5.69 Å². The molecule has 0 aliphatic carbocycles. The van der Waals surface area contributed by atoms with E-state index in [1.165, 1.54) is 0 Å². The predicted molar refractivity (Wildman–Crippen MR) is 78.0 cm³/mol. The smallest absolute Gasteiger partial charge is 0.247 e. The van der Waals surface area contributed by atoms with Crippen LogP contribution in [0, 0.1) is 6.92 Å². The molecule has 0 saturated heterocycles. The molecule has 0 spiro atoms. The van der Waals surface area contributed by atoms with Gasteiger partial charge >= 0.3 is 0 Å². The molecule has 0 bridgehead atoms. The van der Waals surface area contributed by atoms with Crippen molar-refractivity contribution < 1.29 is 0 Å². The molecule has 0 aliphatic rings. The van der Waals surface area contributed by atoms with Crippen LogP contribution in [0.5, 0.6) is 0 Å². The molecule has 6 heteroatoms. The van der Waals surface area contributed by atoms with Crippen molar-refractivity contribution in [3.63, 3.8) is 0 Å². The Labute approximate surface area is 116 Å². The largest absolute Gasteiger partial charge is 0.397 e. The number of aromatic nitrogens is 4. The van der Waals surface area contributed by atoms with Crippen LogP contribution in [0.3, 0.4) is 0 Å². The first kappa shape index (κ1) is 12.2. The monoisotopic (exact) mass is 266 g/mol. The molecule has 0 amide bonds. The van der Waals surface area contributed by atoms with E-state index in [9.17, 15) is 0 Å². The maximum absolute atomic E-state index is 5.73. The Hall–Kier alpha value is -2.89. The molecule has 2 heterocycles. The fourth-order valence-electron chi connectivity index (χ4n) is 1.82. The Kier molecular flexibility index (Phi) is 3.04. The molecule has 6 nitrogen and oxygen atoms in total. The predicted octanol–water partition coefficient (Wildman–Crippen LogP) is 2.30. The van der Waals surface area contributed by atoms with Gasteiger partial charge in [0.15, 0.2) is 0 Å². The highest BCUT2D eigenvalue weighted by Gasteiger charge is 2.05.